The Morgan fingerprint density at radius 2 is 1.90 bits per heavy atom. The molecule has 0 amide bonds. The zero-order valence-electron chi connectivity index (χ0n) is 10.5. The van der Waals surface area contributed by atoms with Gasteiger partial charge < -0.3 is 14.6 Å². The van der Waals surface area contributed by atoms with Gasteiger partial charge in [-0.1, -0.05) is 23.2 Å². The van der Waals surface area contributed by atoms with Crippen LogP contribution in [0.2, 0.25) is 10.0 Å². The first kappa shape index (κ1) is 17.4. The summed E-state index contributed by atoms with van der Waals surface area (Å²) in [5.41, 5.74) is 0.183. The zero-order chi connectivity index (χ0) is 15.3. The molecule has 20 heavy (non-hydrogen) atoms. The minimum absolute atomic E-state index is 0.140. The van der Waals surface area contributed by atoms with Crippen LogP contribution in [0.5, 0.6) is 5.75 Å². The smallest absolute Gasteiger partial charge is 0.411 e. The van der Waals surface area contributed by atoms with Crippen LogP contribution in [0.3, 0.4) is 0 Å². The molecule has 0 bridgehead atoms. The van der Waals surface area contributed by atoms with E-state index in [0.717, 1.165) is 0 Å². The van der Waals surface area contributed by atoms with Gasteiger partial charge >= 0.3 is 6.18 Å². The second-order valence-electron chi connectivity index (χ2n) is 3.88. The number of halogens is 5. The number of alkyl halides is 3. The lowest BCUT2D eigenvalue weighted by Gasteiger charge is -2.16. The van der Waals surface area contributed by atoms with Crippen molar-refractivity contribution in [3.05, 3.63) is 27.7 Å². The highest BCUT2D eigenvalue weighted by Crippen LogP contribution is 2.34. The molecule has 0 aliphatic heterocycles. The van der Waals surface area contributed by atoms with E-state index in [1.165, 1.54) is 12.1 Å². The Morgan fingerprint density at radius 3 is 2.45 bits per heavy atom. The molecule has 0 aromatic heterocycles. The van der Waals surface area contributed by atoms with E-state index in [0.29, 0.717) is 12.4 Å². The van der Waals surface area contributed by atoms with Gasteiger partial charge in [-0.25, -0.2) is 0 Å². The molecule has 0 saturated carbocycles. The van der Waals surface area contributed by atoms with Crippen LogP contribution in [0.25, 0.3) is 0 Å². The van der Waals surface area contributed by atoms with Crippen molar-refractivity contribution in [2.45, 2.75) is 19.2 Å². The molecular formula is C12H13Cl2F3O3. The first-order valence-electron chi connectivity index (χ1n) is 5.69. The summed E-state index contributed by atoms with van der Waals surface area (Å²) in [6.07, 6.45) is -5.75. The molecule has 1 N–H and O–H groups in total. The number of hydrogen-bond donors (Lipinski definition) is 1. The maximum atomic E-state index is 11.9. The van der Waals surface area contributed by atoms with Crippen LogP contribution in [-0.2, 0) is 4.74 Å². The molecule has 0 aliphatic carbocycles. The average molecular weight is 333 g/mol. The van der Waals surface area contributed by atoms with Crippen molar-refractivity contribution in [3.8, 4) is 5.75 Å². The summed E-state index contributed by atoms with van der Waals surface area (Å²) in [6, 6.07) is 2.74. The number of hydrogen-bond acceptors (Lipinski definition) is 3. The van der Waals surface area contributed by atoms with Gasteiger partial charge in [-0.3, -0.25) is 0 Å². The highest BCUT2D eigenvalue weighted by molar-refractivity contribution is 6.34. The third-order valence-electron chi connectivity index (χ3n) is 2.25. The fourth-order valence-corrected chi connectivity index (χ4v) is 1.95. The molecule has 1 aromatic rings. The minimum atomic E-state index is -4.44. The van der Waals surface area contributed by atoms with Crippen molar-refractivity contribution >= 4 is 23.2 Å². The Morgan fingerprint density at radius 1 is 1.25 bits per heavy atom. The SMILES string of the molecule is CCOc1cc(Cl)c(C(O)COCC(F)(F)F)cc1Cl. The third-order valence-corrected chi connectivity index (χ3v) is 2.87. The van der Waals surface area contributed by atoms with Crippen LogP contribution in [0.15, 0.2) is 12.1 Å². The van der Waals surface area contributed by atoms with Crippen LogP contribution in [0, 0.1) is 0 Å². The molecule has 0 spiro atoms. The topological polar surface area (TPSA) is 38.7 Å². The molecule has 114 valence electrons. The molecule has 0 heterocycles. The molecular weight excluding hydrogens is 320 g/mol. The second-order valence-corrected chi connectivity index (χ2v) is 4.70. The Hall–Kier alpha value is -0.690. The van der Waals surface area contributed by atoms with Crippen molar-refractivity contribution in [2.24, 2.45) is 0 Å². The molecule has 8 heteroatoms. The van der Waals surface area contributed by atoms with Crippen LogP contribution < -0.4 is 4.74 Å². The van der Waals surface area contributed by atoms with Gasteiger partial charge in [0.15, 0.2) is 0 Å². The Labute approximate surface area is 124 Å². The predicted molar refractivity (Wildman–Crippen MR) is 69.5 cm³/mol. The first-order valence-corrected chi connectivity index (χ1v) is 6.44. The second kappa shape index (κ2) is 7.36. The Balaban J connectivity index is 2.73. The van der Waals surface area contributed by atoms with Gasteiger partial charge in [0.2, 0.25) is 0 Å². The summed E-state index contributed by atoms with van der Waals surface area (Å²) in [5, 5.41) is 10.1. The summed E-state index contributed by atoms with van der Waals surface area (Å²) in [5.74, 6) is 0.339. The molecule has 1 aromatic carbocycles. The fourth-order valence-electron chi connectivity index (χ4n) is 1.44. The Bertz CT molecular complexity index is 452. The molecule has 1 atom stereocenters. The van der Waals surface area contributed by atoms with E-state index in [1.807, 2.05) is 0 Å². The highest BCUT2D eigenvalue weighted by atomic mass is 35.5. The largest absolute Gasteiger partial charge is 0.492 e. The normalized spacial score (nSPS) is 13.3. The standard InChI is InChI=1S/C12H13Cl2F3O3/c1-2-20-11-4-8(13)7(3-9(11)14)10(18)5-19-6-12(15,16)17/h3-4,10,18H,2,5-6H2,1H3. The minimum Gasteiger partial charge on any atom is -0.492 e. The van der Waals surface area contributed by atoms with Crippen molar-refractivity contribution in [1.29, 1.82) is 0 Å². The maximum absolute atomic E-state index is 11.9. The molecule has 0 aliphatic rings. The number of ether oxygens (including phenoxy) is 2. The van der Waals surface area contributed by atoms with Crippen LogP contribution in [-0.4, -0.2) is 31.1 Å². The predicted octanol–water partition coefficient (Wildman–Crippen LogP) is 4.00. The number of rotatable bonds is 6. The van der Waals surface area contributed by atoms with Crippen molar-refractivity contribution in [3.63, 3.8) is 0 Å². The van der Waals surface area contributed by atoms with E-state index in [4.69, 9.17) is 27.9 Å². The van der Waals surface area contributed by atoms with Crippen molar-refractivity contribution in [2.75, 3.05) is 19.8 Å². The van der Waals surface area contributed by atoms with Crippen LogP contribution in [0.1, 0.15) is 18.6 Å². The summed E-state index contributed by atoms with van der Waals surface area (Å²) in [4.78, 5) is 0. The van der Waals surface area contributed by atoms with E-state index < -0.39 is 25.5 Å². The molecule has 0 radical (unpaired) electrons. The van der Waals surface area contributed by atoms with E-state index in [2.05, 4.69) is 4.74 Å². The first-order chi connectivity index (χ1) is 9.24. The summed E-state index contributed by atoms with van der Waals surface area (Å²) in [7, 11) is 0. The summed E-state index contributed by atoms with van der Waals surface area (Å²) < 4.78 is 45.3. The number of aliphatic hydroxyl groups excluding tert-OH is 1. The Kier molecular flexibility index (Phi) is 6.39. The van der Waals surface area contributed by atoms with E-state index in [1.54, 1.807) is 6.92 Å². The summed E-state index contributed by atoms with van der Waals surface area (Å²) in [6.45, 7) is 0.167. The lowest BCUT2D eigenvalue weighted by molar-refractivity contribution is -0.179. The maximum Gasteiger partial charge on any atom is 0.411 e. The quantitative estimate of drug-likeness (QED) is 0.855. The van der Waals surface area contributed by atoms with Gasteiger partial charge in [-0.15, -0.1) is 0 Å². The van der Waals surface area contributed by atoms with Gasteiger partial charge in [-0.2, -0.15) is 13.2 Å². The van der Waals surface area contributed by atoms with E-state index >= 15 is 0 Å². The molecule has 0 saturated heterocycles. The lowest BCUT2D eigenvalue weighted by atomic mass is 10.1. The van der Waals surface area contributed by atoms with E-state index in [9.17, 15) is 18.3 Å². The fraction of sp³-hybridized carbons (Fsp3) is 0.500. The van der Waals surface area contributed by atoms with Gasteiger partial charge in [0.1, 0.15) is 18.5 Å². The van der Waals surface area contributed by atoms with Gasteiger partial charge in [0, 0.05) is 11.6 Å². The molecule has 0 fully saturated rings. The average Bonchev–Trinajstić information content (AvgIpc) is 2.32. The van der Waals surface area contributed by atoms with Crippen molar-refractivity contribution < 1.29 is 27.8 Å². The van der Waals surface area contributed by atoms with E-state index in [-0.39, 0.29) is 15.6 Å². The highest BCUT2D eigenvalue weighted by Gasteiger charge is 2.28. The zero-order valence-corrected chi connectivity index (χ0v) is 12.0. The number of benzene rings is 1. The van der Waals surface area contributed by atoms with Gasteiger partial charge in [0.05, 0.1) is 23.3 Å². The molecule has 1 unspecified atom stereocenters. The van der Waals surface area contributed by atoms with Gasteiger partial charge in [0.25, 0.3) is 0 Å². The number of aliphatic hydroxyl groups is 1. The lowest BCUT2D eigenvalue weighted by Crippen LogP contribution is -2.19. The van der Waals surface area contributed by atoms with Crippen molar-refractivity contribution in [1.82, 2.24) is 0 Å². The summed E-state index contributed by atoms with van der Waals surface area (Å²) >= 11 is 11.8. The van der Waals surface area contributed by atoms with Gasteiger partial charge in [-0.05, 0) is 13.0 Å². The monoisotopic (exact) mass is 332 g/mol. The third kappa shape index (κ3) is 5.36. The van der Waals surface area contributed by atoms with Crippen LogP contribution in [0.4, 0.5) is 13.2 Å². The molecule has 3 nitrogen and oxygen atoms in total. The van der Waals surface area contributed by atoms with Crippen LogP contribution >= 0.6 is 23.2 Å². The molecule has 1 rings (SSSR count).